The summed E-state index contributed by atoms with van der Waals surface area (Å²) in [5, 5.41) is 0. The summed E-state index contributed by atoms with van der Waals surface area (Å²) in [6, 6.07) is 18.0. The summed E-state index contributed by atoms with van der Waals surface area (Å²) in [6.45, 7) is 1.46. The first-order valence-corrected chi connectivity index (χ1v) is 7.91. The molecule has 130 valence electrons. The standard InChI is InChI=1S/C19H20N2O4/c1-14(15-8-4-2-5-9-15)12-18(23)25-13-17(22)20-21-19(24)16-10-6-3-7-11-16/h2-11,14H,12-13H2,1H3,(H,20,22)(H,21,24)/t14-/m1/s1. The van der Waals surface area contributed by atoms with E-state index in [0.717, 1.165) is 5.56 Å². The summed E-state index contributed by atoms with van der Waals surface area (Å²) >= 11 is 0. The maximum Gasteiger partial charge on any atom is 0.306 e. The Morgan fingerprint density at radius 1 is 0.920 bits per heavy atom. The molecule has 6 nitrogen and oxygen atoms in total. The van der Waals surface area contributed by atoms with Gasteiger partial charge >= 0.3 is 5.97 Å². The van der Waals surface area contributed by atoms with Crippen LogP contribution in [0.1, 0.15) is 35.2 Å². The minimum atomic E-state index is -0.606. The predicted molar refractivity (Wildman–Crippen MR) is 92.5 cm³/mol. The van der Waals surface area contributed by atoms with Gasteiger partial charge in [0.15, 0.2) is 6.61 Å². The molecule has 0 fully saturated rings. The van der Waals surface area contributed by atoms with Crippen LogP contribution in [0.15, 0.2) is 60.7 Å². The molecule has 0 saturated carbocycles. The minimum absolute atomic E-state index is 0.00505. The monoisotopic (exact) mass is 340 g/mol. The van der Waals surface area contributed by atoms with Gasteiger partial charge < -0.3 is 4.74 Å². The molecule has 0 heterocycles. The highest BCUT2D eigenvalue weighted by molar-refractivity contribution is 5.95. The molecule has 2 aromatic rings. The highest BCUT2D eigenvalue weighted by atomic mass is 16.5. The molecule has 0 aliphatic heterocycles. The van der Waals surface area contributed by atoms with Crippen molar-refractivity contribution in [2.75, 3.05) is 6.61 Å². The molecule has 2 N–H and O–H groups in total. The van der Waals surface area contributed by atoms with Crippen LogP contribution in [0.5, 0.6) is 0 Å². The third kappa shape index (κ3) is 6.10. The summed E-state index contributed by atoms with van der Waals surface area (Å²) in [4.78, 5) is 35.2. The molecule has 0 aliphatic carbocycles. The van der Waals surface area contributed by atoms with E-state index in [1.54, 1.807) is 30.3 Å². The average molecular weight is 340 g/mol. The SMILES string of the molecule is C[C@H](CC(=O)OCC(=O)NNC(=O)c1ccccc1)c1ccccc1. The third-order valence-electron chi connectivity index (χ3n) is 3.56. The van der Waals surface area contributed by atoms with Crippen molar-refractivity contribution in [2.45, 2.75) is 19.3 Å². The van der Waals surface area contributed by atoms with Crippen molar-refractivity contribution in [2.24, 2.45) is 0 Å². The third-order valence-corrected chi connectivity index (χ3v) is 3.56. The van der Waals surface area contributed by atoms with Crippen LogP contribution in [0.4, 0.5) is 0 Å². The lowest BCUT2D eigenvalue weighted by molar-refractivity contribution is -0.149. The molecule has 0 aromatic heterocycles. The van der Waals surface area contributed by atoms with Crippen molar-refractivity contribution in [3.63, 3.8) is 0 Å². The van der Waals surface area contributed by atoms with E-state index in [9.17, 15) is 14.4 Å². The first-order valence-electron chi connectivity index (χ1n) is 7.91. The maximum absolute atomic E-state index is 11.8. The zero-order chi connectivity index (χ0) is 18.1. The van der Waals surface area contributed by atoms with Crippen molar-refractivity contribution in [3.05, 3.63) is 71.8 Å². The lowest BCUT2D eigenvalue weighted by Crippen LogP contribution is -2.43. The van der Waals surface area contributed by atoms with Gasteiger partial charge in [-0.1, -0.05) is 55.5 Å². The van der Waals surface area contributed by atoms with Crippen LogP contribution < -0.4 is 10.9 Å². The molecule has 0 radical (unpaired) electrons. The molecule has 0 aliphatic rings. The number of hydrazine groups is 1. The van der Waals surface area contributed by atoms with E-state index in [1.165, 1.54) is 0 Å². The second-order valence-electron chi connectivity index (χ2n) is 5.54. The van der Waals surface area contributed by atoms with E-state index in [-0.39, 0.29) is 12.3 Å². The van der Waals surface area contributed by atoms with Crippen molar-refractivity contribution in [1.29, 1.82) is 0 Å². The fraction of sp³-hybridized carbons (Fsp3) is 0.211. The van der Waals surface area contributed by atoms with Crippen LogP contribution in [0.3, 0.4) is 0 Å². The number of amides is 2. The predicted octanol–water partition coefficient (Wildman–Crippen LogP) is 2.18. The van der Waals surface area contributed by atoms with Crippen LogP contribution in [-0.4, -0.2) is 24.4 Å². The van der Waals surface area contributed by atoms with Gasteiger partial charge in [-0.25, -0.2) is 0 Å². The van der Waals surface area contributed by atoms with Gasteiger partial charge in [-0.15, -0.1) is 0 Å². The van der Waals surface area contributed by atoms with E-state index in [1.807, 2.05) is 37.3 Å². The number of esters is 1. The van der Waals surface area contributed by atoms with Crippen LogP contribution in [-0.2, 0) is 14.3 Å². The lowest BCUT2D eigenvalue weighted by atomic mass is 9.98. The fourth-order valence-corrected chi connectivity index (χ4v) is 2.18. The minimum Gasteiger partial charge on any atom is -0.455 e. The average Bonchev–Trinajstić information content (AvgIpc) is 2.65. The Morgan fingerprint density at radius 3 is 2.16 bits per heavy atom. The van der Waals surface area contributed by atoms with Gasteiger partial charge in [-0.3, -0.25) is 25.2 Å². The van der Waals surface area contributed by atoms with Crippen molar-refractivity contribution in [1.82, 2.24) is 10.9 Å². The van der Waals surface area contributed by atoms with E-state index in [2.05, 4.69) is 10.9 Å². The van der Waals surface area contributed by atoms with Gasteiger partial charge in [0.1, 0.15) is 0 Å². The van der Waals surface area contributed by atoms with Crippen molar-refractivity contribution < 1.29 is 19.1 Å². The molecular formula is C19H20N2O4. The molecule has 2 aromatic carbocycles. The van der Waals surface area contributed by atoms with Gasteiger partial charge in [-0.05, 0) is 23.6 Å². The Morgan fingerprint density at radius 2 is 1.52 bits per heavy atom. The van der Waals surface area contributed by atoms with E-state index in [4.69, 9.17) is 4.74 Å². The molecule has 0 bridgehead atoms. The number of benzene rings is 2. The summed E-state index contributed by atoms with van der Waals surface area (Å²) in [7, 11) is 0. The van der Waals surface area contributed by atoms with Crippen molar-refractivity contribution in [3.8, 4) is 0 Å². The largest absolute Gasteiger partial charge is 0.455 e. The molecule has 2 amide bonds. The quantitative estimate of drug-likeness (QED) is 0.623. The molecule has 2 rings (SSSR count). The van der Waals surface area contributed by atoms with Crippen LogP contribution >= 0.6 is 0 Å². The maximum atomic E-state index is 11.8. The summed E-state index contributed by atoms with van der Waals surface area (Å²) in [6.07, 6.45) is 0.174. The molecular weight excluding hydrogens is 320 g/mol. The molecule has 0 saturated heterocycles. The molecule has 0 unspecified atom stereocenters. The molecule has 0 spiro atoms. The van der Waals surface area contributed by atoms with Crippen LogP contribution in [0.25, 0.3) is 0 Å². The second kappa shape index (κ2) is 9.22. The summed E-state index contributed by atoms with van der Waals surface area (Å²) in [5.41, 5.74) is 5.91. The summed E-state index contributed by atoms with van der Waals surface area (Å²) in [5.74, 6) is -1.53. The first-order chi connectivity index (χ1) is 12.1. The Kier molecular flexibility index (Phi) is 6.71. The zero-order valence-electron chi connectivity index (χ0n) is 13.9. The Balaban J connectivity index is 1.69. The molecule has 25 heavy (non-hydrogen) atoms. The Labute approximate surface area is 146 Å². The van der Waals surface area contributed by atoms with E-state index >= 15 is 0 Å². The van der Waals surface area contributed by atoms with E-state index in [0.29, 0.717) is 5.56 Å². The van der Waals surface area contributed by atoms with Gasteiger partial charge in [0.25, 0.3) is 11.8 Å². The first kappa shape index (κ1) is 18.2. The highest BCUT2D eigenvalue weighted by Crippen LogP contribution is 2.18. The van der Waals surface area contributed by atoms with Crippen molar-refractivity contribution >= 4 is 17.8 Å². The van der Waals surface area contributed by atoms with Gasteiger partial charge in [0.2, 0.25) is 0 Å². The molecule has 6 heteroatoms. The number of ether oxygens (including phenoxy) is 1. The topological polar surface area (TPSA) is 84.5 Å². The summed E-state index contributed by atoms with van der Waals surface area (Å²) < 4.78 is 4.93. The smallest absolute Gasteiger partial charge is 0.306 e. The molecule has 1 atom stereocenters. The van der Waals surface area contributed by atoms with Gasteiger partial charge in [-0.2, -0.15) is 0 Å². The number of nitrogens with one attached hydrogen (secondary N) is 2. The number of carbonyl (C=O) groups is 3. The number of rotatable bonds is 6. The Bertz CT molecular complexity index is 717. The van der Waals surface area contributed by atoms with Gasteiger partial charge in [0.05, 0.1) is 6.42 Å². The second-order valence-corrected chi connectivity index (χ2v) is 5.54. The fourth-order valence-electron chi connectivity index (χ4n) is 2.18. The van der Waals surface area contributed by atoms with Crippen LogP contribution in [0, 0.1) is 0 Å². The van der Waals surface area contributed by atoms with Gasteiger partial charge in [0, 0.05) is 5.56 Å². The van der Waals surface area contributed by atoms with E-state index < -0.39 is 24.4 Å². The van der Waals surface area contributed by atoms with Crippen LogP contribution in [0.2, 0.25) is 0 Å². The number of hydrogen-bond donors (Lipinski definition) is 2. The number of carbonyl (C=O) groups excluding carboxylic acids is 3. The zero-order valence-corrected chi connectivity index (χ0v) is 13.9. The normalized spacial score (nSPS) is 11.2. The number of hydrogen-bond acceptors (Lipinski definition) is 4. The highest BCUT2D eigenvalue weighted by Gasteiger charge is 2.14. The lowest BCUT2D eigenvalue weighted by Gasteiger charge is -2.12. The Hall–Kier alpha value is -3.15.